The molecule has 5 aliphatic rings. The van der Waals surface area contributed by atoms with Gasteiger partial charge in [-0.2, -0.15) is 0 Å². The topological polar surface area (TPSA) is 37.4 Å². The second-order valence-electron chi connectivity index (χ2n) is 6.64. The molecule has 6 atom stereocenters. The highest BCUT2D eigenvalue weighted by molar-refractivity contribution is 14.1. The van der Waals surface area contributed by atoms with Gasteiger partial charge in [0.15, 0.2) is 0 Å². The summed E-state index contributed by atoms with van der Waals surface area (Å²) in [5.41, 5.74) is 0.730. The van der Waals surface area contributed by atoms with Crippen LogP contribution in [0.25, 0.3) is 0 Å². The van der Waals surface area contributed by atoms with E-state index in [-0.39, 0.29) is 23.7 Å². The molecule has 6 unspecified atom stereocenters. The number of allylic oxidation sites excluding steroid dienone is 2. The second-order valence-corrected chi connectivity index (χ2v) is 7.89. The lowest BCUT2D eigenvalue weighted by atomic mass is 9.63. The summed E-state index contributed by atoms with van der Waals surface area (Å²) >= 11 is 2.23. The van der Waals surface area contributed by atoms with E-state index >= 15 is 0 Å². The van der Waals surface area contributed by atoms with Crippen LogP contribution < -0.4 is 4.90 Å². The van der Waals surface area contributed by atoms with Gasteiger partial charge in [0.1, 0.15) is 0 Å². The number of benzene rings is 1. The lowest BCUT2D eigenvalue weighted by Crippen LogP contribution is -2.40. The van der Waals surface area contributed by atoms with Gasteiger partial charge >= 0.3 is 0 Å². The maximum Gasteiger partial charge on any atom is 0.238 e. The summed E-state index contributed by atoms with van der Waals surface area (Å²) in [6.45, 7) is 0. The number of amides is 2. The van der Waals surface area contributed by atoms with Crippen molar-refractivity contribution < 1.29 is 9.59 Å². The normalized spacial score (nSPS) is 42.2. The number of imide groups is 1. The van der Waals surface area contributed by atoms with E-state index in [0.717, 1.165) is 9.26 Å². The van der Waals surface area contributed by atoms with Gasteiger partial charge in [-0.25, -0.2) is 0 Å². The van der Waals surface area contributed by atoms with Crippen LogP contribution in [0, 0.1) is 39.1 Å². The molecule has 2 amide bonds. The molecular weight excluding hydrogens is 377 g/mol. The first-order valence-electron chi connectivity index (χ1n) is 7.48. The maximum atomic E-state index is 12.9. The van der Waals surface area contributed by atoms with Gasteiger partial charge in [-0.05, 0) is 76.9 Å². The number of anilines is 1. The van der Waals surface area contributed by atoms with Crippen LogP contribution in [0.1, 0.15) is 6.42 Å². The summed E-state index contributed by atoms with van der Waals surface area (Å²) in [5, 5.41) is 0. The molecule has 106 valence electrons. The Kier molecular flexibility index (Phi) is 2.34. The molecule has 0 radical (unpaired) electrons. The van der Waals surface area contributed by atoms with Gasteiger partial charge in [0.05, 0.1) is 17.5 Å². The van der Waals surface area contributed by atoms with Crippen molar-refractivity contribution in [1.82, 2.24) is 0 Å². The minimum atomic E-state index is -0.101. The van der Waals surface area contributed by atoms with Gasteiger partial charge in [-0.1, -0.05) is 12.2 Å². The van der Waals surface area contributed by atoms with E-state index in [2.05, 4.69) is 34.7 Å². The van der Waals surface area contributed by atoms with E-state index in [4.69, 9.17) is 0 Å². The number of rotatable bonds is 1. The number of hydrogen-bond donors (Lipinski definition) is 0. The summed E-state index contributed by atoms with van der Waals surface area (Å²) in [4.78, 5) is 27.2. The number of carbonyl (C=O) groups is 2. The summed E-state index contributed by atoms with van der Waals surface area (Å²) in [5.74, 6) is 1.77. The predicted octanol–water partition coefficient (Wildman–Crippen LogP) is 2.85. The largest absolute Gasteiger partial charge is 0.274 e. The maximum absolute atomic E-state index is 12.9. The van der Waals surface area contributed by atoms with Crippen LogP contribution in [0.4, 0.5) is 5.69 Å². The number of halogens is 1. The minimum Gasteiger partial charge on any atom is -0.274 e. The molecule has 1 aliphatic heterocycles. The van der Waals surface area contributed by atoms with Crippen molar-refractivity contribution in [3.8, 4) is 0 Å². The minimum absolute atomic E-state index is 0.0240. The third-order valence-corrected chi connectivity index (χ3v) is 6.47. The predicted molar refractivity (Wildman–Crippen MR) is 86.3 cm³/mol. The number of carbonyl (C=O) groups excluding carboxylic acids is 2. The van der Waals surface area contributed by atoms with Gasteiger partial charge in [-0.15, -0.1) is 0 Å². The zero-order valence-corrected chi connectivity index (χ0v) is 13.4. The smallest absolute Gasteiger partial charge is 0.238 e. The Hall–Kier alpha value is -1.17. The molecule has 4 heteroatoms. The van der Waals surface area contributed by atoms with E-state index in [1.54, 1.807) is 0 Å². The molecule has 0 spiro atoms. The average molecular weight is 391 g/mol. The highest BCUT2D eigenvalue weighted by atomic mass is 127. The van der Waals surface area contributed by atoms with Crippen molar-refractivity contribution in [3.05, 3.63) is 40.0 Å². The quantitative estimate of drug-likeness (QED) is 0.420. The monoisotopic (exact) mass is 391 g/mol. The summed E-state index contributed by atoms with van der Waals surface area (Å²) in [6.07, 6.45) is 5.63. The first-order chi connectivity index (χ1) is 10.2. The van der Waals surface area contributed by atoms with E-state index in [1.807, 2.05) is 24.3 Å². The molecular formula is C17H14INO2. The molecule has 2 bridgehead atoms. The Labute approximate surface area is 136 Å². The van der Waals surface area contributed by atoms with Gasteiger partial charge in [0, 0.05) is 3.57 Å². The molecule has 0 aromatic heterocycles. The lowest BCUT2D eigenvalue weighted by molar-refractivity contribution is -0.124. The van der Waals surface area contributed by atoms with Crippen molar-refractivity contribution in [3.63, 3.8) is 0 Å². The zero-order valence-electron chi connectivity index (χ0n) is 11.3. The molecule has 3 fully saturated rings. The van der Waals surface area contributed by atoms with Gasteiger partial charge in [0.2, 0.25) is 11.8 Å². The summed E-state index contributed by atoms with van der Waals surface area (Å²) < 4.78 is 1.11. The van der Waals surface area contributed by atoms with Crippen molar-refractivity contribution in [1.29, 1.82) is 0 Å². The summed E-state index contributed by atoms with van der Waals surface area (Å²) in [7, 11) is 0. The molecule has 2 saturated carbocycles. The molecule has 0 N–H and O–H groups in total. The van der Waals surface area contributed by atoms with E-state index in [1.165, 1.54) is 11.3 Å². The van der Waals surface area contributed by atoms with Crippen LogP contribution in [-0.4, -0.2) is 11.8 Å². The van der Waals surface area contributed by atoms with Crippen LogP contribution in [0.5, 0.6) is 0 Å². The average Bonchev–Trinajstić information content (AvgIpc) is 3.26. The number of nitrogens with zero attached hydrogens (tertiary/aromatic N) is 1. The van der Waals surface area contributed by atoms with Gasteiger partial charge in [0.25, 0.3) is 0 Å². The second kappa shape index (κ2) is 3.97. The van der Waals surface area contributed by atoms with Gasteiger partial charge in [-0.3, -0.25) is 14.5 Å². The molecule has 1 aromatic rings. The standard InChI is InChI=1S/C17H14INO2/c18-8-1-3-9(4-2-8)19-16(20)14-10-5-6-11(13-7-12(10)13)15(14)17(19)21/h1-6,10-15H,7H2. The zero-order chi connectivity index (χ0) is 14.3. The van der Waals surface area contributed by atoms with Crippen molar-refractivity contribution in [2.45, 2.75) is 6.42 Å². The van der Waals surface area contributed by atoms with Crippen LogP contribution in [-0.2, 0) is 9.59 Å². The third-order valence-electron chi connectivity index (χ3n) is 5.75. The van der Waals surface area contributed by atoms with E-state index in [0.29, 0.717) is 23.7 Å². The highest BCUT2D eigenvalue weighted by Gasteiger charge is 2.67. The first-order valence-corrected chi connectivity index (χ1v) is 8.56. The Morgan fingerprint density at radius 2 is 1.43 bits per heavy atom. The molecule has 1 saturated heterocycles. The Morgan fingerprint density at radius 1 is 0.905 bits per heavy atom. The SMILES string of the molecule is O=C1C2C3C=CC(C4CC34)C2C(=O)N1c1ccc(I)cc1. The van der Waals surface area contributed by atoms with E-state index < -0.39 is 0 Å². The fraction of sp³-hybridized carbons (Fsp3) is 0.412. The van der Waals surface area contributed by atoms with E-state index in [9.17, 15) is 9.59 Å². The fourth-order valence-electron chi connectivity index (χ4n) is 4.80. The third kappa shape index (κ3) is 1.49. The Bertz CT molecular complexity index is 659. The lowest BCUT2D eigenvalue weighted by Gasteiger charge is -2.37. The molecule has 4 aliphatic carbocycles. The van der Waals surface area contributed by atoms with Crippen LogP contribution in [0.2, 0.25) is 0 Å². The van der Waals surface area contributed by atoms with Crippen LogP contribution in [0.3, 0.4) is 0 Å². The van der Waals surface area contributed by atoms with Crippen molar-refractivity contribution in [2.24, 2.45) is 35.5 Å². The fourth-order valence-corrected chi connectivity index (χ4v) is 5.16. The van der Waals surface area contributed by atoms with Crippen LogP contribution in [0.15, 0.2) is 36.4 Å². The van der Waals surface area contributed by atoms with Gasteiger partial charge < -0.3 is 0 Å². The summed E-state index contributed by atoms with van der Waals surface area (Å²) in [6, 6.07) is 7.65. The van der Waals surface area contributed by atoms with Crippen LogP contribution >= 0.6 is 22.6 Å². The molecule has 1 heterocycles. The Morgan fingerprint density at radius 3 is 1.95 bits per heavy atom. The molecule has 21 heavy (non-hydrogen) atoms. The number of hydrogen-bond acceptors (Lipinski definition) is 2. The molecule has 1 aromatic carbocycles. The highest BCUT2D eigenvalue weighted by Crippen LogP contribution is 2.65. The molecule has 3 nitrogen and oxygen atoms in total. The van der Waals surface area contributed by atoms with Crippen molar-refractivity contribution in [2.75, 3.05) is 4.90 Å². The van der Waals surface area contributed by atoms with Crippen molar-refractivity contribution >= 4 is 40.1 Å². The Balaban J connectivity index is 1.58. The first kappa shape index (κ1) is 12.4. The molecule has 6 rings (SSSR count).